The highest BCUT2D eigenvalue weighted by Gasteiger charge is 2.30. The highest BCUT2D eigenvalue weighted by molar-refractivity contribution is 6.30. The van der Waals surface area contributed by atoms with E-state index in [0.717, 1.165) is 17.7 Å². The van der Waals surface area contributed by atoms with E-state index in [1.807, 2.05) is 0 Å². The van der Waals surface area contributed by atoms with Crippen LogP contribution in [-0.4, -0.2) is 21.4 Å². The van der Waals surface area contributed by atoms with Crippen LogP contribution in [0.2, 0.25) is 5.02 Å². The molecule has 1 aliphatic rings. The summed E-state index contributed by atoms with van der Waals surface area (Å²) >= 11 is 5.84. The first kappa shape index (κ1) is 20.6. The summed E-state index contributed by atoms with van der Waals surface area (Å²) in [6.07, 6.45) is -3.95. The minimum atomic E-state index is -4.43. The van der Waals surface area contributed by atoms with Gasteiger partial charge < -0.3 is 4.98 Å². The minimum absolute atomic E-state index is 0.0454. The van der Waals surface area contributed by atoms with Gasteiger partial charge in [-0.15, -0.1) is 0 Å². The molecule has 1 aromatic heterocycles. The van der Waals surface area contributed by atoms with Crippen molar-refractivity contribution >= 4 is 11.6 Å². The molecular formula is C21H16ClF4N3O. The zero-order chi connectivity index (χ0) is 21.5. The smallest absolute Gasteiger partial charge is 0.306 e. The van der Waals surface area contributed by atoms with Crippen molar-refractivity contribution in [3.63, 3.8) is 0 Å². The number of aromatic amines is 1. The molecule has 4 rings (SSSR count). The molecule has 1 N–H and O–H groups in total. The van der Waals surface area contributed by atoms with E-state index in [0.29, 0.717) is 42.9 Å². The predicted octanol–water partition coefficient (Wildman–Crippen LogP) is 4.81. The minimum Gasteiger partial charge on any atom is -0.306 e. The molecule has 0 saturated heterocycles. The number of fused-ring (bicyclic) bond motifs is 1. The molecule has 1 aliphatic heterocycles. The van der Waals surface area contributed by atoms with Gasteiger partial charge in [0.05, 0.1) is 16.3 Å². The van der Waals surface area contributed by atoms with Crippen molar-refractivity contribution < 1.29 is 17.6 Å². The average Bonchev–Trinajstić information content (AvgIpc) is 2.70. The van der Waals surface area contributed by atoms with Crippen LogP contribution in [0.1, 0.15) is 22.4 Å². The predicted molar refractivity (Wildman–Crippen MR) is 105 cm³/mol. The van der Waals surface area contributed by atoms with Crippen LogP contribution in [-0.2, 0) is 25.7 Å². The Labute approximate surface area is 174 Å². The number of hydrogen-bond donors (Lipinski definition) is 1. The van der Waals surface area contributed by atoms with Crippen molar-refractivity contribution in [1.29, 1.82) is 0 Å². The van der Waals surface area contributed by atoms with Crippen LogP contribution in [0.25, 0.3) is 11.4 Å². The third kappa shape index (κ3) is 4.24. The molecule has 0 amide bonds. The Morgan fingerprint density at radius 2 is 1.87 bits per heavy atom. The lowest BCUT2D eigenvalue weighted by Crippen LogP contribution is -2.35. The van der Waals surface area contributed by atoms with Crippen molar-refractivity contribution in [3.05, 3.63) is 86.0 Å². The third-order valence-corrected chi connectivity index (χ3v) is 5.32. The molecule has 0 aliphatic carbocycles. The number of hydrogen-bond acceptors (Lipinski definition) is 3. The zero-order valence-electron chi connectivity index (χ0n) is 15.6. The number of nitrogens with zero attached hydrogens (tertiary/aromatic N) is 2. The molecule has 0 radical (unpaired) electrons. The summed E-state index contributed by atoms with van der Waals surface area (Å²) in [7, 11) is 0. The van der Waals surface area contributed by atoms with E-state index in [-0.39, 0.29) is 16.4 Å². The van der Waals surface area contributed by atoms with Gasteiger partial charge in [-0.2, -0.15) is 13.2 Å². The first-order valence-electron chi connectivity index (χ1n) is 9.16. The van der Waals surface area contributed by atoms with Gasteiger partial charge in [-0.05, 0) is 36.2 Å². The number of rotatable bonds is 3. The van der Waals surface area contributed by atoms with E-state index in [9.17, 15) is 22.4 Å². The van der Waals surface area contributed by atoms with Crippen molar-refractivity contribution in [1.82, 2.24) is 14.9 Å². The second-order valence-corrected chi connectivity index (χ2v) is 7.53. The number of benzene rings is 2. The summed E-state index contributed by atoms with van der Waals surface area (Å²) in [5.74, 6) is -0.266. The number of aromatic nitrogens is 2. The zero-order valence-corrected chi connectivity index (χ0v) is 16.3. The van der Waals surface area contributed by atoms with Gasteiger partial charge in [0.25, 0.3) is 5.56 Å². The van der Waals surface area contributed by atoms with Crippen LogP contribution in [0.3, 0.4) is 0 Å². The van der Waals surface area contributed by atoms with Gasteiger partial charge in [0.15, 0.2) is 0 Å². The summed E-state index contributed by atoms with van der Waals surface area (Å²) in [5, 5.41) is 0.0454. The summed E-state index contributed by atoms with van der Waals surface area (Å²) in [6.45, 7) is 1.51. The lowest BCUT2D eigenvalue weighted by Gasteiger charge is -2.27. The molecule has 30 heavy (non-hydrogen) atoms. The van der Waals surface area contributed by atoms with Gasteiger partial charge in [-0.25, -0.2) is 9.37 Å². The molecule has 0 fully saturated rings. The fourth-order valence-electron chi connectivity index (χ4n) is 3.48. The quantitative estimate of drug-likeness (QED) is 0.598. The van der Waals surface area contributed by atoms with E-state index in [2.05, 4.69) is 14.9 Å². The Morgan fingerprint density at radius 1 is 1.13 bits per heavy atom. The molecule has 0 unspecified atom stereocenters. The lowest BCUT2D eigenvalue weighted by molar-refractivity contribution is -0.137. The van der Waals surface area contributed by atoms with Crippen LogP contribution in [0, 0.1) is 5.82 Å². The lowest BCUT2D eigenvalue weighted by atomic mass is 10.0. The van der Waals surface area contributed by atoms with E-state index in [1.54, 1.807) is 12.1 Å². The van der Waals surface area contributed by atoms with Gasteiger partial charge in [0, 0.05) is 30.8 Å². The first-order valence-corrected chi connectivity index (χ1v) is 9.54. The normalized spacial score (nSPS) is 14.6. The SMILES string of the molecule is O=c1[nH]c(-c2ccc(C(F)(F)F)cc2)nc2c1CCN(Cc1ccc(F)c(Cl)c1)C2. The maximum Gasteiger partial charge on any atom is 0.416 e. The summed E-state index contributed by atoms with van der Waals surface area (Å²) in [4.78, 5) is 21.7. The molecule has 2 aromatic carbocycles. The summed E-state index contributed by atoms with van der Waals surface area (Å²) < 4.78 is 51.7. The van der Waals surface area contributed by atoms with Crippen molar-refractivity contribution in [2.24, 2.45) is 0 Å². The molecule has 3 aromatic rings. The third-order valence-electron chi connectivity index (χ3n) is 5.03. The largest absolute Gasteiger partial charge is 0.416 e. The fraction of sp³-hybridized carbons (Fsp3) is 0.238. The molecule has 4 nitrogen and oxygen atoms in total. The Hall–Kier alpha value is -2.71. The Morgan fingerprint density at radius 3 is 2.53 bits per heavy atom. The van der Waals surface area contributed by atoms with Crippen LogP contribution in [0.15, 0.2) is 47.3 Å². The average molecular weight is 438 g/mol. The molecule has 156 valence electrons. The number of halogens is 5. The van der Waals surface area contributed by atoms with E-state index < -0.39 is 17.6 Å². The second kappa shape index (κ2) is 7.85. The molecule has 0 atom stereocenters. The van der Waals surface area contributed by atoms with E-state index in [4.69, 9.17) is 11.6 Å². The van der Waals surface area contributed by atoms with Crippen LogP contribution >= 0.6 is 11.6 Å². The molecular weight excluding hydrogens is 422 g/mol. The highest BCUT2D eigenvalue weighted by atomic mass is 35.5. The molecule has 0 saturated carbocycles. The monoisotopic (exact) mass is 437 g/mol. The van der Waals surface area contributed by atoms with Gasteiger partial charge in [0.1, 0.15) is 11.6 Å². The maximum atomic E-state index is 13.4. The summed E-state index contributed by atoms with van der Waals surface area (Å²) in [5.41, 5.74) is 1.31. The van der Waals surface area contributed by atoms with E-state index >= 15 is 0 Å². The Balaban J connectivity index is 1.58. The first-order chi connectivity index (χ1) is 14.2. The van der Waals surface area contributed by atoms with Gasteiger partial charge in [-0.1, -0.05) is 29.8 Å². The van der Waals surface area contributed by atoms with Crippen LogP contribution in [0.4, 0.5) is 17.6 Å². The van der Waals surface area contributed by atoms with Gasteiger partial charge in [0.2, 0.25) is 0 Å². The number of H-pyrrole nitrogens is 1. The van der Waals surface area contributed by atoms with Crippen molar-refractivity contribution in [2.45, 2.75) is 25.7 Å². The van der Waals surface area contributed by atoms with Gasteiger partial charge in [-0.3, -0.25) is 9.69 Å². The van der Waals surface area contributed by atoms with Crippen molar-refractivity contribution in [2.75, 3.05) is 6.54 Å². The molecule has 0 spiro atoms. The Kier molecular flexibility index (Phi) is 5.38. The van der Waals surface area contributed by atoms with Crippen molar-refractivity contribution in [3.8, 4) is 11.4 Å². The standard InChI is InChI=1S/C21H16ClF4N3O/c22-16-9-12(1-6-17(16)23)10-29-8-7-15-18(11-29)27-19(28-20(15)30)13-2-4-14(5-3-13)21(24,25)26/h1-6,9H,7-8,10-11H2,(H,27,28,30). The summed E-state index contributed by atoms with van der Waals surface area (Å²) in [6, 6.07) is 9.00. The van der Waals surface area contributed by atoms with Crippen LogP contribution < -0.4 is 5.56 Å². The second-order valence-electron chi connectivity index (χ2n) is 7.12. The van der Waals surface area contributed by atoms with Gasteiger partial charge >= 0.3 is 6.18 Å². The number of nitrogens with one attached hydrogen (secondary N) is 1. The topological polar surface area (TPSA) is 49.0 Å². The number of alkyl halides is 3. The van der Waals surface area contributed by atoms with E-state index in [1.165, 1.54) is 18.2 Å². The highest BCUT2D eigenvalue weighted by Crippen LogP contribution is 2.30. The molecule has 9 heteroatoms. The van der Waals surface area contributed by atoms with Crippen LogP contribution in [0.5, 0.6) is 0 Å². The Bertz CT molecular complexity index is 1140. The fourth-order valence-corrected chi connectivity index (χ4v) is 3.68. The maximum absolute atomic E-state index is 13.4. The molecule has 0 bridgehead atoms. The molecule has 2 heterocycles.